The van der Waals surface area contributed by atoms with E-state index in [-0.39, 0.29) is 5.91 Å². The van der Waals surface area contributed by atoms with E-state index in [2.05, 4.69) is 4.98 Å². The van der Waals surface area contributed by atoms with E-state index < -0.39 is 5.79 Å². The maximum absolute atomic E-state index is 12.0. The first-order chi connectivity index (χ1) is 8.29. The summed E-state index contributed by atoms with van der Waals surface area (Å²) in [7, 11) is 0. The van der Waals surface area contributed by atoms with Gasteiger partial charge in [-0.1, -0.05) is 0 Å². The van der Waals surface area contributed by atoms with E-state index in [1.54, 1.807) is 4.90 Å². The third-order valence-corrected chi connectivity index (χ3v) is 3.28. The van der Waals surface area contributed by atoms with Crippen LogP contribution < -0.4 is 0 Å². The minimum Gasteiger partial charge on any atom is -0.451 e. The molecular formula is C11H14N2O4. The Bertz CT molecular complexity index is 388. The van der Waals surface area contributed by atoms with Gasteiger partial charge in [0.2, 0.25) is 0 Å². The number of ether oxygens (including phenoxy) is 2. The van der Waals surface area contributed by atoms with E-state index in [0.717, 1.165) is 12.8 Å². The number of aromatic nitrogens is 1. The monoisotopic (exact) mass is 238 g/mol. The third-order valence-electron chi connectivity index (χ3n) is 3.28. The molecule has 2 aliphatic rings. The van der Waals surface area contributed by atoms with Crippen molar-refractivity contribution in [3.63, 3.8) is 0 Å². The Morgan fingerprint density at radius 2 is 2.00 bits per heavy atom. The molecule has 2 fully saturated rings. The minimum atomic E-state index is -0.444. The van der Waals surface area contributed by atoms with Crippen molar-refractivity contribution in [3.05, 3.63) is 18.4 Å². The Hall–Kier alpha value is -1.40. The van der Waals surface area contributed by atoms with Gasteiger partial charge in [0.05, 0.1) is 13.2 Å². The summed E-state index contributed by atoms with van der Waals surface area (Å²) in [6, 6.07) is 0. The lowest BCUT2D eigenvalue weighted by atomic mass is 10.0. The number of hydrogen-bond acceptors (Lipinski definition) is 5. The lowest BCUT2D eigenvalue weighted by molar-refractivity contribution is -0.181. The number of nitrogens with zero attached hydrogens (tertiary/aromatic N) is 2. The molecule has 1 aromatic heterocycles. The third kappa shape index (κ3) is 1.94. The fourth-order valence-electron chi connectivity index (χ4n) is 2.32. The fraction of sp³-hybridized carbons (Fsp3) is 0.636. The number of carbonyl (C=O) groups excluding carboxylic acids is 1. The molecule has 1 aromatic rings. The summed E-state index contributed by atoms with van der Waals surface area (Å²) in [6.07, 6.45) is 4.07. The van der Waals surface area contributed by atoms with Gasteiger partial charge in [0.1, 0.15) is 6.26 Å². The molecule has 0 aromatic carbocycles. The van der Waals surface area contributed by atoms with Crippen LogP contribution in [0.4, 0.5) is 0 Å². The Balaban J connectivity index is 1.63. The predicted octanol–water partition coefficient (Wildman–Crippen LogP) is 0.654. The Kier molecular flexibility index (Phi) is 2.60. The minimum absolute atomic E-state index is 0.0911. The van der Waals surface area contributed by atoms with Crippen molar-refractivity contribution in [1.82, 2.24) is 9.88 Å². The highest BCUT2D eigenvalue weighted by Gasteiger charge is 2.41. The van der Waals surface area contributed by atoms with E-state index in [9.17, 15) is 4.79 Å². The van der Waals surface area contributed by atoms with Gasteiger partial charge in [-0.25, -0.2) is 4.98 Å². The molecule has 1 amide bonds. The zero-order valence-corrected chi connectivity index (χ0v) is 9.42. The molecule has 2 saturated heterocycles. The molecule has 0 saturated carbocycles. The summed E-state index contributed by atoms with van der Waals surface area (Å²) in [5.41, 5.74) is 0.356. The standard InChI is InChI=1S/C11H14N2O4/c14-10(9-7-15-8-12-9)13-3-1-11(2-4-13)16-5-6-17-11/h7-8H,1-6H2. The number of likely N-dealkylation sites (tertiary alicyclic amines) is 1. The van der Waals surface area contributed by atoms with Crippen LogP contribution in [0.2, 0.25) is 0 Å². The number of amides is 1. The fourth-order valence-corrected chi connectivity index (χ4v) is 2.32. The smallest absolute Gasteiger partial charge is 0.275 e. The predicted molar refractivity (Wildman–Crippen MR) is 56.3 cm³/mol. The molecule has 0 aliphatic carbocycles. The van der Waals surface area contributed by atoms with Crippen LogP contribution in [0, 0.1) is 0 Å². The highest BCUT2D eigenvalue weighted by Crippen LogP contribution is 2.31. The van der Waals surface area contributed by atoms with Gasteiger partial charge in [0.25, 0.3) is 5.91 Å². The van der Waals surface area contributed by atoms with Gasteiger partial charge in [0.15, 0.2) is 17.9 Å². The summed E-state index contributed by atoms with van der Waals surface area (Å²) >= 11 is 0. The van der Waals surface area contributed by atoms with Gasteiger partial charge in [-0.15, -0.1) is 0 Å². The molecule has 0 unspecified atom stereocenters. The number of piperidine rings is 1. The highest BCUT2D eigenvalue weighted by molar-refractivity contribution is 5.91. The van der Waals surface area contributed by atoms with Crippen molar-refractivity contribution in [2.24, 2.45) is 0 Å². The second-order valence-corrected chi connectivity index (χ2v) is 4.27. The molecule has 0 radical (unpaired) electrons. The molecule has 6 heteroatoms. The van der Waals surface area contributed by atoms with Crippen molar-refractivity contribution in [1.29, 1.82) is 0 Å². The first-order valence-electron chi connectivity index (χ1n) is 5.74. The normalized spacial score (nSPS) is 23.2. The molecule has 3 rings (SSSR count). The van der Waals surface area contributed by atoms with E-state index in [1.807, 2.05) is 0 Å². The van der Waals surface area contributed by atoms with Crippen LogP contribution >= 0.6 is 0 Å². The summed E-state index contributed by atoms with van der Waals surface area (Å²) in [5, 5.41) is 0. The first-order valence-corrected chi connectivity index (χ1v) is 5.74. The van der Waals surface area contributed by atoms with E-state index in [1.165, 1.54) is 12.7 Å². The van der Waals surface area contributed by atoms with Gasteiger partial charge in [-0.2, -0.15) is 0 Å². The number of hydrogen-bond donors (Lipinski definition) is 0. The molecule has 0 atom stereocenters. The van der Waals surface area contributed by atoms with Crippen LogP contribution in [0.15, 0.2) is 17.1 Å². The molecule has 1 spiro atoms. The average Bonchev–Trinajstić information content (AvgIpc) is 3.01. The van der Waals surface area contributed by atoms with Crippen LogP contribution in [0.5, 0.6) is 0 Å². The zero-order chi connectivity index (χ0) is 11.7. The van der Waals surface area contributed by atoms with Crippen LogP contribution in [0.25, 0.3) is 0 Å². The molecule has 92 valence electrons. The lowest BCUT2D eigenvalue weighted by Crippen LogP contribution is -2.47. The first kappa shape index (κ1) is 10.7. The quantitative estimate of drug-likeness (QED) is 0.719. The summed E-state index contributed by atoms with van der Waals surface area (Å²) in [6.45, 7) is 2.56. The molecule has 17 heavy (non-hydrogen) atoms. The van der Waals surface area contributed by atoms with Crippen LogP contribution in [0.3, 0.4) is 0 Å². The number of oxazole rings is 1. The SMILES string of the molecule is O=C(c1cocn1)N1CCC2(CC1)OCCO2. The van der Waals surface area contributed by atoms with Gasteiger partial charge in [0, 0.05) is 25.9 Å². The van der Waals surface area contributed by atoms with Gasteiger partial charge in [-0.3, -0.25) is 4.79 Å². The van der Waals surface area contributed by atoms with Crippen molar-refractivity contribution in [2.75, 3.05) is 26.3 Å². The van der Waals surface area contributed by atoms with Gasteiger partial charge in [-0.05, 0) is 0 Å². The topological polar surface area (TPSA) is 64.8 Å². The van der Waals surface area contributed by atoms with Crippen molar-refractivity contribution >= 4 is 5.91 Å². The molecule has 0 N–H and O–H groups in total. The van der Waals surface area contributed by atoms with E-state index >= 15 is 0 Å². The summed E-state index contributed by atoms with van der Waals surface area (Å²) in [4.78, 5) is 17.6. The molecule has 6 nitrogen and oxygen atoms in total. The van der Waals surface area contributed by atoms with Crippen LogP contribution in [-0.4, -0.2) is 47.9 Å². The van der Waals surface area contributed by atoms with Crippen molar-refractivity contribution in [3.8, 4) is 0 Å². The second-order valence-electron chi connectivity index (χ2n) is 4.27. The largest absolute Gasteiger partial charge is 0.451 e. The van der Waals surface area contributed by atoms with E-state index in [4.69, 9.17) is 13.9 Å². The highest BCUT2D eigenvalue weighted by atomic mass is 16.7. The summed E-state index contributed by atoms with van der Waals surface area (Å²) in [5.74, 6) is -0.535. The average molecular weight is 238 g/mol. The van der Waals surface area contributed by atoms with Gasteiger partial charge < -0.3 is 18.8 Å². The Morgan fingerprint density at radius 1 is 1.29 bits per heavy atom. The molecule has 2 aliphatic heterocycles. The second kappa shape index (κ2) is 4.12. The molecule has 0 bridgehead atoms. The van der Waals surface area contributed by atoms with Crippen molar-refractivity contribution < 1.29 is 18.7 Å². The van der Waals surface area contributed by atoms with Gasteiger partial charge >= 0.3 is 0 Å². The number of rotatable bonds is 1. The Morgan fingerprint density at radius 3 is 2.59 bits per heavy atom. The zero-order valence-electron chi connectivity index (χ0n) is 9.42. The van der Waals surface area contributed by atoms with Crippen LogP contribution in [0.1, 0.15) is 23.3 Å². The van der Waals surface area contributed by atoms with Crippen molar-refractivity contribution in [2.45, 2.75) is 18.6 Å². The van der Waals surface area contributed by atoms with Crippen LogP contribution in [-0.2, 0) is 9.47 Å². The molecular weight excluding hydrogens is 224 g/mol. The lowest BCUT2D eigenvalue weighted by Gasteiger charge is -2.37. The maximum Gasteiger partial charge on any atom is 0.275 e. The summed E-state index contributed by atoms with van der Waals surface area (Å²) < 4.78 is 16.0. The maximum atomic E-state index is 12.0. The Labute approximate surface area is 98.5 Å². The number of carbonyl (C=O) groups is 1. The van der Waals surface area contributed by atoms with E-state index in [0.29, 0.717) is 32.0 Å². The molecule has 3 heterocycles.